The van der Waals surface area contributed by atoms with Gasteiger partial charge >= 0.3 is 0 Å². The third-order valence-electron chi connectivity index (χ3n) is 3.75. The smallest absolute Gasteiger partial charge is 0.122 e. The summed E-state index contributed by atoms with van der Waals surface area (Å²) in [5, 5.41) is 3.63. The van der Waals surface area contributed by atoms with E-state index in [1.807, 2.05) is 19.4 Å². The molecule has 0 radical (unpaired) electrons. The maximum Gasteiger partial charge on any atom is 0.122 e. The molecule has 1 rings (SSSR count). The molecule has 0 aliphatic rings. The number of imidazole rings is 1. The van der Waals surface area contributed by atoms with Gasteiger partial charge in [0.1, 0.15) is 5.82 Å². The van der Waals surface area contributed by atoms with Crippen molar-refractivity contribution in [1.82, 2.24) is 19.8 Å². The number of hydrogen-bond donors (Lipinski definition) is 1. The average molecular weight is 252 g/mol. The molecule has 0 bridgehead atoms. The van der Waals surface area contributed by atoms with Gasteiger partial charge in [-0.25, -0.2) is 4.98 Å². The Morgan fingerprint density at radius 3 is 2.56 bits per heavy atom. The van der Waals surface area contributed by atoms with Crippen molar-refractivity contribution in [2.45, 2.75) is 52.2 Å². The number of hydrogen-bond acceptors (Lipinski definition) is 3. The maximum absolute atomic E-state index is 4.37. The summed E-state index contributed by atoms with van der Waals surface area (Å²) in [6.07, 6.45) is 6.26. The minimum atomic E-state index is 0.516. The van der Waals surface area contributed by atoms with Gasteiger partial charge in [-0.1, -0.05) is 13.8 Å². The Kier molecular flexibility index (Phi) is 6.36. The Hall–Kier alpha value is -0.870. The molecule has 1 atom stereocenters. The van der Waals surface area contributed by atoms with Crippen LogP contribution in [0.1, 0.15) is 39.4 Å². The van der Waals surface area contributed by atoms with Gasteiger partial charge in [-0.2, -0.15) is 0 Å². The van der Waals surface area contributed by atoms with Crippen LogP contribution in [0.5, 0.6) is 0 Å². The monoisotopic (exact) mass is 252 g/mol. The van der Waals surface area contributed by atoms with Gasteiger partial charge in [-0.3, -0.25) is 4.90 Å². The van der Waals surface area contributed by atoms with E-state index in [4.69, 9.17) is 0 Å². The number of rotatable bonds is 8. The van der Waals surface area contributed by atoms with Crippen LogP contribution < -0.4 is 5.32 Å². The minimum Gasteiger partial charge on any atom is -0.337 e. The Bertz CT molecular complexity index is 330. The van der Waals surface area contributed by atoms with E-state index in [1.165, 1.54) is 12.8 Å². The van der Waals surface area contributed by atoms with Gasteiger partial charge in [0.05, 0.1) is 6.54 Å². The summed E-state index contributed by atoms with van der Waals surface area (Å²) in [5.74, 6) is 1.12. The molecule has 0 spiro atoms. The fraction of sp³-hybridized carbons (Fsp3) is 0.786. The highest BCUT2D eigenvalue weighted by Gasteiger charge is 2.13. The standard InChI is InChI=1S/C14H28N4/c1-6-13(7-2)16-10-12(3)18(5)11-14-15-8-9-17(14)4/h8-9,12-13,16H,6-7,10-11H2,1-5H3. The number of aromatic nitrogens is 2. The zero-order valence-corrected chi connectivity index (χ0v) is 12.5. The predicted octanol–water partition coefficient (Wildman–Crippen LogP) is 2.02. The molecule has 1 aromatic heterocycles. The second-order valence-corrected chi connectivity index (χ2v) is 5.14. The molecule has 1 aromatic rings. The lowest BCUT2D eigenvalue weighted by Gasteiger charge is -2.26. The molecule has 1 N–H and O–H groups in total. The van der Waals surface area contributed by atoms with Crippen LogP contribution in [0, 0.1) is 0 Å². The summed E-state index contributed by atoms with van der Waals surface area (Å²) >= 11 is 0. The molecule has 0 aliphatic heterocycles. The zero-order valence-electron chi connectivity index (χ0n) is 12.5. The SMILES string of the molecule is CCC(CC)NCC(C)N(C)Cc1nccn1C. The van der Waals surface area contributed by atoms with Crippen molar-refractivity contribution in [2.75, 3.05) is 13.6 Å². The first kappa shape index (κ1) is 15.2. The Morgan fingerprint density at radius 2 is 2.06 bits per heavy atom. The largest absolute Gasteiger partial charge is 0.337 e. The third-order valence-corrected chi connectivity index (χ3v) is 3.75. The van der Waals surface area contributed by atoms with Crippen LogP contribution in [0.3, 0.4) is 0 Å². The molecule has 0 saturated heterocycles. The first-order valence-corrected chi connectivity index (χ1v) is 6.98. The topological polar surface area (TPSA) is 33.1 Å². The lowest BCUT2D eigenvalue weighted by Crippen LogP contribution is -2.41. The highest BCUT2D eigenvalue weighted by atomic mass is 15.2. The van der Waals surface area contributed by atoms with Gasteiger partial charge in [-0.05, 0) is 26.8 Å². The fourth-order valence-electron chi connectivity index (χ4n) is 2.00. The molecule has 0 aliphatic carbocycles. The number of likely N-dealkylation sites (N-methyl/N-ethyl adjacent to an activating group) is 1. The average Bonchev–Trinajstić information content (AvgIpc) is 2.76. The van der Waals surface area contributed by atoms with Crippen LogP contribution in [0.15, 0.2) is 12.4 Å². The van der Waals surface area contributed by atoms with Crippen LogP contribution in [-0.4, -0.2) is 40.1 Å². The van der Waals surface area contributed by atoms with Gasteiger partial charge in [0.2, 0.25) is 0 Å². The molecule has 1 unspecified atom stereocenters. The number of nitrogens with one attached hydrogen (secondary N) is 1. The molecule has 0 saturated carbocycles. The molecule has 4 heteroatoms. The molecule has 0 fully saturated rings. The van der Waals surface area contributed by atoms with E-state index in [-0.39, 0.29) is 0 Å². The molecule has 0 amide bonds. The molecule has 4 nitrogen and oxygen atoms in total. The molecular weight excluding hydrogens is 224 g/mol. The molecule has 104 valence electrons. The summed E-state index contributed by atoms with van der Waals surface area (Å²) in [6, 6.07) is 1.16. The third kappa shape index (κ3) is 4.42. The zero-order chi connectivity index (χ0) is 13.5. The van der Waals surface area contributed by atoms with Crippen molar-refractivity contribution in [2.24, 2.45) is 7.05 Å². The van der Waals surface area contributed by atoms with E-state index >= 15 is 0 Å². The van der Waals surface area contributed by atoms with Gasteiger partial charge in [0, 0.05) is 38.1 Å². The summed E-state index contributed by atoms with van der Waals surface area (Å²) in [4.78, 5) is 6.71. The van der Waals surface area contributed by atoms with Crippen LogP contribution in [0.2, 0.25) is 0 Å². The maximum atomic E-state index is 4.37. The van der Waals surface area contributed by atoms with Crippen molar-refractivity contribution in [3.63, 3.8) is 0 Å². The molecule has 1 heterocycles. The Labute approximate surface area is 111 Å². The van der Waals surface area contributed by atoms with Crippen LogP contribution in [-0.2, 0) is 13.6 Å². The second-order valence-electron chi connectivity index (χ2n) is 5.14. The summed E-state index contributed by atoms with van der Waals surface area (Å²) in [7, 11) is 4.21. The van der Waals surface area contributed by atoms with E-state index in [9.17, 15) is 0 Å². The van der Waals surface area contributed by atoms with Crippen molar-refractivity contribution in [1.29, 1.82) is 0 Å². The summed E-state index contributed by atoms with van der Waals surface area (Å²) in [5.41, 5.74) is 0. The minimum absolute atomic E-state index is 0.516. The first-order valence-electron chi connectivity index (χ1n) is 6.98. The lowest BCUT2D eigenvalue weighted by molar-refractivity contribution is 0.228. The first-order chi connectivity index (χ1) is 8.58. The van der Waals surface area contributed by atoms with Gasteiger partial charge in [-0.15, -0.1) is 0 Å². The van der Waals surface area contributed by atoms with Gasteiger partial charge in [0.25, 0.3) is 0 Å². The van der Waals surface area contributed by atoms with Crippen LogP contribution in [0.25, 0.3) is 0 Å². The predicted molar refractivity (Wildman–Crippen MR) is 76.5 cm³/mol. The quantitative estimate of drug-likeness (QED) is 0.768. The number of nitrogens with zero attached hydrogens (tertiary/aromatic N) is 3. The normalized spacial score (nSPS) is 13.5. The van der Waals surface area contributed by atoms with Crippen molar-refractivity contribution in [3.8, 4) is 0 Å². The fourth-order valence-corrected chi connectivity index (χ4v) is 2.00. The van der Waals surface area contributed by atoms with Crippen molar-refractivity contribution < 1.29 is 0 Å². The van der Waals surface area contributed by atoms with E-state index in [0.29, 0.717) is 12.1 Å². The Balaban J connectivity index is 2.37. The van der Waals surface area contributed by atoms with E-state index < -0.39 is 0 Å². The van der Waals surface area contributed by atoms with Gasteiger partial charge < -0.3 is 9.88 Å². The molecule has 18 heavy (non-hydrogen) atoms. The van der Waals surface area contributed by atoms with Gasteiger partial charge in [0.15, 0.2) is 0 Å². The van der Waals surface area contributed by atoms with Crippen LogP contribution >= 0.6 is 0 Å². The van der Waals surface area contributed by atoms with E-state index in [1.54, 1.807) is 0 Å². The summed E-state index contributed by atoms with van der Waals surface area (Å²) < 4.78 is 2.08. The van der Waals surface area contributed by atoms with E-state index in [0.717, 1.165) is 18.9 Å². The van der Waals surface area contributed by atoms with Crippen LogP contribution in [0.4, 0.5) is 0 Å². The summed E-state index contributed by atoms with van der Waals surface area (Å²) in [6.45, 7) is 8.67. The van der Waals surface area contributed by atoms with Crippen molar-refractivity contribution in [3.05, 3.63) is 18.2 Å². The van der Waals surface area contributed by atoms with Crippen molar-refractivity contribution >= 4 is 0 Å². The highest BCUT2D eigenvalue weighted by molar-refractivity contribution is 4.91. The molecule has 0 aromatic carbocycles. The Morgan fingerprint density at radius 1 is 1.39 bits per heavy atom. The highest BCUT2D eigenvalue weighted by Crippen LogP contribution is 2.04. The van der Waals surface area contributed by atoms with E-state index in [2.05, 4.69) is 47.6 Å². The second kappa shape index (κ2) is 7.54. The lowest BCUT2D eigenvalue weighted by atomic mass is 10.1. The molecular formula is C14H28N4. The number of aryl methyl sites for hydroxylation is 1.